The van der Waals surface area contributed by atoms with E-state index in [2.05, 4.69) is 33.2 Å². The van der Waals surface area contributed by atoms with E-state index in [4.69, 9.17) is 9.15 Å². The molecule has 3 aromatic rings. The van der Waals surface area contributed by atoms with Gasteiger partial charge in [0.1, 0.15) is 29.7 Å². The van der Waals surface area contributed by atoms with E-state index in [1.807, 2.05) is 4.93 Å². The van der Waals surface area contributed by atoms with Crippen LogP contribution in [0.4, 0.5) is 13.2 Å². The smallest absolute Gasteiger partial charge is 0.416 e. The molecule has 1 aliphatic heterocycles. The summed E-state index contributed by atoms with van der Waals surface area (Å²) in [6.45, 7) is 1.83. The van der Waals surface area contributed by atoms with Crippen LogP contribution >= 0.6 is 22.6 Å². The van der Waals surface area contributed by atoms with Crippen molar-refractivity contribution in [2.45, 2.75) is 32.2 Å². The Morgan fingerprint density at radius 1 is 1.24 bits per heavy atom. The molecular formula is C23H22F3IN2O4. The van der Waals surface area contributed by atoms with E-state index in [0.29, 0.717) is 29.7 Å². The zero-order chi connectivity index (χ0) is 24.2. The lowest BCUT2D eigenvalue weighted by molar-refractivity contribution is -0.138. The highest BCUT2D eigenvalue weighted by molar-refractivity contribution is 14.1. The Balaban J connectivity index is 0.00000149. The lowest BCUT2D eigenvalue weighted by Gasteiger charge is -2.13. The van der Waals surface area contributed by atoms with Gasteiger partial charge in [0, 0.05) is 17.5 Å². The molecular weight excluding hydrogens is 552 g/mol. The minimum atomic E-state index is -4.48. The summed E-state index contributed by atoms with van der Waals surface area (Å²) in [4.78, 5) is 26.5. The fraction of sp³-hybridized carbons (Fsp3) is 0.304. The Labute approximate surface area is 202 Å². The molecule has 6 nitrogen and oxygen atoms in total. The van der Waals surface area contributed by atoms with Gasteiger partial charge in [0.2, 0.25) is 5.91 Å². The van der Waals surface area contributed by atoms with Gasteiger partial charge in [0.05, 0.1) is 11.1 Å². The van der Waals surface area contributed by atoms with E-state index >= 15 is 0 Å². The molecule has 0 bridgehead atoms. The molecule has 1 unspecified atom stereocenters. The second-order valence-corrected chi connectivity index (χ2v) is 7.24. The molecule has 0 spiro atoms. The van der Waals surface area contributed by atoms with Gasteiger partial charge in [-0.15, -0.1) is 0 Å². The van der Waals surface area contributed by atoms with Crippen LogP contribution in [-0.2, 0) is 17.6 Å². The van der Waals surface area contributed by atoms with Crippen molar-refractivity contribution in [3.05, 3.63) is 64.9 Å². The minimum absolute atomic E-state index is 0.00341. The first-order valence-electron chi connectivity index (χ1n) is 10.0. The molecule has 0 saturated carbocycles. The van der Waals surface area contributed by atoms with Crippen molar-refractivity contribution in [2.24, 2.45) is 0 Å². The molecule has 2 N–H and O–H groups in total. The number of carbonyl (C=O) groups is 2. The summed E-state index contributed by atoms with van der Waals surface area (Å²) in [7, 11) is 0. The molecule has 1 fully saturated rings. The summed E-state index contributed by atoms with van der Waals surface area (Å²) < 4.78 is 50.8. The van der Waals surface area contributed by atoms with Gasteiger partial charge in [-0.1, -0.05) is 40.8 Å². The molecule has 0 aliphatic carbocycles. The van der Waals surface area contributed by atoms with Gasteiger partial charge in [-0.3, -0.25) is 9.59 Å². The number of nitrogens with one attached hydrogen (secondary N) is 2. The number of amides is 2. The van der Waals surface area contributed by atoms with Gasteiger partial charge in [-0.2, -0.15) is 13.2 Å². The molecule has 2 heterocycles. The maximum Gasteiger partial charge on any atom is 0.416 e. The van der Waals surface area contributed by atoms with E-state index in [-0.39, 0.29) is 29.4 Å². The highest BCUT2D eigenvalue weighted by Gasteiger charge is 2.33. The fourth-order valence-electron chi connectivity index (χ4n) is 3.62. The second kappa shape index (κ2) is 10.4. The second-order valence-electron chi connectivity index (χ2n) is 7.24. The lowest BCUT2D eigenvalue weighted by atomic mass is 10.1. The zero-order valence-corrected chi connectivity index (χ0v) is 20.0. The maximum absolute atomic E-state index is 13.2. The normalized spacial score (nSPS) is 15.6. The standard InChI is InChI=1S/C22H19F3N2O4.CH3I/c1-12-19(21(29)27-17-8-9-26-20(17)28)15-10-14(6-7-18(15)31-12)30-11-13-4-2-3-5-16(13)22(23,24)25;1-2/h2-7,10,17H,8-9,11H2,1H3,(H,26,28)(H,27,29);1H3. The van der Waals surface area contributed by atoms with Gasteiger partial charge in [-0.25, -0.2) is 0 Å². The summed E-state index contributed by atoms with van der Waals surface area (Å²) in [6.07, 6.45) is -3.99. The first-order valence-corrected chi connectivity index (χ1v) is 12.2. The van der Waals surface area contributed by atoms with E-state index in [1.54, 1.807) is 25.1 Å². The van der Waals surface area contributed by atoms with Gasteiger partial charge in [-0.05, 0) is 42.5 Å². The number of ether oxygens (including phenoxy) is 1. The summed E-state index contributed by atoms with van der Waals surface area (Å²) in [5.74, 6) is -0.0487. The average Bonchev–Trinajstić information content (AvgIpc) is 3.34. The van der Waals surface area contributed by atoms with Crippen LogP contribution in [0.25, 0.3) is 11.0 Å². The van der Waals surface area contributed by atoms with Crippen molar-refractivity contribution in [1.82, 2.24) is 10.6 Å². The molecule has 1 atom stereocenters. The highest BCUT2D eigenvalue weighted by atomic mass is 127. The Kier molecular flexibility index (Phi) is 7.88. The molecule has 2 amide bonds. The summed E-state index contributed by atoms with van der Waals surface area (Å²) in [6, 6.07) is 9.28. The number of aryl methyl sites for hydroxylation is 1. The van der Waals surface area contributed by atoms with Crippen LogP contribution in [0.5, 0.6) is 5.75 Å². The Morgan fingerprint density at radius 2 is 1.97 bits per heavy atom. The van der Waals surface area contributed by atoms with Crippen molar-refractivity contribution in [2.75, 3.05) is 11.5 Å². The van der Waals surface area contributed by atoms with Crippen molar-refractivity contribution < 1.29 is 31.9 Å². The third-order valence-electron chi connectivity index (χ3n) is 5.13. The van der Waals surface area contributed by atoms with Crippen molar-refractivity contribution in [3.63, 3.8) is 0 Å². The number of hydrogen-bond acceptors (Lipinski definition) is 4. The lowest BCUT2D eigenvalue weighted by Crippen LogP contribution is -2.40. The monoisotopic (exact) mass is 574 g/mol. The van der Waals surface area contributed by atoms with Crippen LogP contribution in [0.3, 0.4) is 0 Å². The zero-order valence-electron chi connectivity index (χ0n) is 17.9. The SMILES string of the molecule is CI.Cc1oc2ccc(OCc3ccccc3C(F)(F)F)cc2c1C(=O)NC1CCNC1=O. The van der Waals surface area contributed by atoms with E-state index in [9.17, 15) is 22.8 Å². The number of furan rings is 1. The van der Waals surface area contributed by atoms with Crippen LogP contribution in [0, 0.1) is 6.92 Å². The van der Waals surface area contributed by atoms with Crippen LogP contribution in [-0.4, -0.2) is 29.3 Å². The van der Waals surface area contributed by atoms with Crippen LogP contribution < -0.4 is 15.4 Å². The van der Waals surface area contributed by atoms with Gasteiger partial charge in [0.15, 0.2) is 0 Å². The molecule has 10 heteroatoms. The highest BCUT2D eigenvalue weighted by Crippen LogP contribution is 2.33. The molecule has 33 heavy (non-hydrogen) atoms. The molecule has 0 radical (unpaired) electrons. The predicted octanol–water partition coefficient (Wildman–Crippen LogP) is 5.01. The number of fused-ring (bicyclic) bond motifs is 1. The quantitative estimate of drug-likeness (QED) is 0.332. The fourth-order valence-corrected chi connectivity index (χ4v) is 3.62. The van der Waals surface area contributed by atoms with Gasteiger partial charge < -0.3 is 19.8 Å². The topological polar surface area (TPSA) is 80.6 Å². The summed E-state index contributed by atoms with van der Waals surface area (Å²) >= 11 is 2.15. The summed E-state index contributed by atoms with van der Waals surface area (Å²) in [5, 5.41) is 5.79. The third-order valence-corrected chi connectivity index (χ3v) is 5.13. The van der Waals surface area contributed by atoms with Gasteiger partial charge >= 0.3 is 6.18 Å². The minimum Gasteiger partial charge on any atom is -0.489 e. The number of benzene rings is 2. The van der Waals surface area contributed by atoms with E-state index in [0.717, 1.165) is 6.07 Å². The van der Waals surface area contributed by atoms with Crippen LogP contribution in [0.1, 0.15) is 33.7 Å². The molecule has 1 aromatic heterocycles. The Bertz CT molecular complexity index is 1160. The average molecular weight is 574 g/mol. The van der Waals surface area contributed by atoms with Crippen molar-refractivity contribution >= 4 is 45.4 Å². The predicted molar refractivity (Wildman–Crippen MR) is 126 cm³/mol. The van der Waals surface area contributed by atoms with E-state index in [1.165, 1.54) is 18.2 Å². The molecule has 1 saturated heterocycles. The first kappa shape index (κ1) is 24.9. The molecule has 176 valence electrons. The number of hydrogen-bond donors (Lipinski definition) is 2. The number of halogens is 4. The third kappa shape index (κ3) is 5.60. The Hall–Kier alpha value is -2.76. The number of carbonyl (C=O) groups excluding carboxylic acids is 2. The van der Waals surface area contributed by atoms with E-state index < -0.39 is 23.7 Å². The first-order chi connectivity index (χ1) is 15.7. The van der Waals surface area contributed by atoms with Crippen LogP contribution in [0.15, 0.2) is 46.9 Å². The molecule has 4 rings (SSSR count). The van der Waals surface area contributed by atoms with Gasteiger partial charge in [0.25, 0.3) is 5.91 Å². The van der Waals surface area contributed by atoms with Crippen molar-refractivity contribution in [1.29, 1.82) is 0 Å². The summed E-state index contributed by atoms with van der Waals surface area (Å²) in [5.41, 5.74) is -0.0637. The largest absolute Gasteiger partial charge is 0.489 e. The molecule has 1 aliphatic rings. The molecule has 2 aromatic carbocycles. The van der Waals surface area contributed by atoms with Crippen molar-refractivity contribution in [3.8, 4) is 5.75 Å². The number of alkyl halides is 4. The maximum atomic E-state index is 13.2. The number of rotatable bonds is 5. The van der Waals surface area contributed by atoms with Crippen LogP contribution in [0.2, 0.25) is 0 Å². The Morgan fingerprint density at radius 3 is 2.64 bits per heavy atom.